The molecule has 0 aromatic heterocycles. The van der Waals surface area contributed by atoms with Crippen molar-refractivity contribution in [2.45, 2.75) is 26.4 Å². The van der Waals surface area contributed by atoms with Crippen LogP contribution in [0.2, 0.25) is 0 Å². The van der Waals surface area contributed by atoms with Crippen LogP contribution in [0.3, 0.4) is 0 Å². The Morgan fingerprint density at radius 3 is 2.64 bits per heavy atom. The lowest BCUT2D eigenvalue weighted by atomic mass is 9.89. The second-order valence-corrected chi connectivity index (χ2v) is 3.12. The zero-order chi connectivity index (χ0) is 8.43. The fraction of sp³-hybridized carbons (Fsp3) is 0.875. The summed E-state index contributed by atoms with van der Waals surface area (Å²) in [5.74, 6) is -0.790. The largest absolute Gasteiger partial charge is 0.481 e. The highest BCUT2D eigenvalue weighted by atomic mass is 16.6. The molecular weight excluding hydrogens is 144 g/mol. The van der Waals surface area contributed by atoms with Crippen LogP contribution in [-0.2, 0) is 9.53 Å². The van der Waals surface area contributed by atoms with E-state index in [0.29, 0.717) is 6.61 Å². The highest BCUT2D eigenvalue weighted by molar-refractivity contribution is 5.71. The highest BCUT2D eigenvalue weighted by Crippen LogP contribution is 2.28. The standard InChI is InChI=1S/C8H14O3/c1-3-5(2)7(8(9)10)6-4-11-6/h5-7H,3-4H2,1-2H3,(H,9,10). The van der Waals surface area contributed by atoms with Gasteiger partial charge >= 0.3 is 5.97 Å². The van der Waals surface area contributed by atoms with Crippen LogP contribution in [0, 0.1) is 11.8 Å². The molecule has 11 heavy (non-hydrogen) atoms. The zero-order valence-corrected chi connectivity index (χ0v) is 6.91. The molecular formula is C8H14O3. The van der Waals surface area contributed by atoms with Crippen LogP contribution >= 0.6 is 0 Å². The molecule has 1 N–H and O–H groups in total. The second-order valence-electron chi connectivity index (χ2n) is 3.12. The van der Waals surface area contributed by atoms with Crippen LogP contribution in [-0.4, -0.2) is 23.8 Å². The Kier molecular flexibility index (Phi) is 2.49. The Bertz CT molecular complexity index is 151. The predicted molar refractivity (Wildman–Crippen MR) is 40.3 cm³/mol. The fourth-order valence-corrected chi connectivity index (χ4v) is 1.29. The predicted octanol–water partition coefficient (Wildman–Crippen LogP) is 1.13. The molecule has 0 aromatic carbocycles. The van der Waals surface area contributed by atoms with E-state index in [1.165, 1.54) is 0 Å². The molecule has 3 nitrogen and oxygen atoms in total. The van der Waals surface area contributed by atoms with Crippen LogP contribution in [0.4, 0.5) is 0 Å². The summed E-state index contributed by atoms with van der Waals surface area (Å²) in [7, 11) is 0. The van der Waals surface area contributed by atoms with Crippen molar-refractivity contribution in [1.29, 1.82) is 0 Å². The van der Waals surface area contributed by atoms with Gasteiger partial charge in [0.15, 0.2) is 0 Å². The maximum absolute atomic E-state index is 10.7. The van der Waals surface area contributed by atoms with Crippen molar-refractivity contribution in [3.63, 3.8) is 0 Å². The molecule has 1 rings (SSSR count). The lowest BCUT2D eigenvalue weighted by Crippen LogP contribution is -2.26. The van der Waals surface area contributed by atoms with E-state index in [4.69, 9.17) is 9.84 Å². The van der Waals surface area contributed by atoms with Gasteiger partial charge in [-0.25, -0.2) is 0 Å². The van der Waals surface area contributed by atoms with Crippen molar-refractivity contribution < 1.29 is 14.6 Å². The van der Waals surface area contributed by atoms with Gasteiger partial charge in [0.2, 0.25) is 0 Å². The number of epoxide rings is 1. The quantitative estimate of drug-likeness (QED) is 0.624. The van der Waals surface area contributed by atoms with Gasteiger partial charge in [-0.2, -0.15) is 0 Å². The molecule has 0 aromatic rings. The van der Waals surface area contributed by atoms with Crippen LogP contribution in [0.1, 0.15) is 20.3 Å². The topological polar surface area (TPSA) is 49.8 Å². The van der Waals surface area contributed by atoms with Gasteiger partial charge in [0, 0.05) is 0 Å². The van der Waals surface area contributed by atoms with E-state index >= 15 is 0 Å². The SMILES string of the molecule is CCC(C)C(C(=O)O)C1CO1. The monoisotopic (exact) mass is 158 g/mol. The third-order valence-corrected chi connectivity index (χ3v) is 2.30. The number of hydrogen-bond acceptors (Lipinski definition) is 2. The van der Waals surface area contributed by atoms with E-state index < -0.39 is 5.97 Å². The maximum Gasteiger partial charge on any atom is 0.309 e. The summed E-state index contributed by atoms with van der Waals surface area (Å²) in [4.78, 5) is 10.7. The average Bonchev–Trinajstić information content (AvgIpc) is 2.71. The first-order valence-corrected chi connectivity index (χ1v) is 4.01. The molecule has 0 bridgehead atoms. The summed E-state index contributed by atoms with van der Waals surface area (Å²) in [5.41, 5.74) is 0. The van der Waals surface area contributed by atoms with Gasteiger partial charge in [-0.3, -0.25) is 4.79 Å². The number of rotatable bonds is 4. The van der Waals surface area contributed by atoms with E-state index in [9.17, 15) is 4.79 Å². The smallest absolute Gasteiger partial charge is 0.309 e. The highest BCUT2D eigenvalue weighted by Gasteiger charge is 2.40. The molecule has 1 aliphatic heterocycles. The normalized spacial score (nSPS) is 27.6. The van der Waals surface area contributed by atoms with Crippen LogP contribution in [0.25, 0.3) is 0 Å². The first-order valence-electron chi connectivity index (χ1n) is 4.01. The molecule has 1 fully saturated rings. The Hall–Kier alpha value is -0.570. The summed E-state index contributed by atoms with van der Waals surface area (Å²) >= 11 is 0. The lowest BCUT2D eigenvalue weighted by Gasteiger charge is -2.15. The molecule has 0 amide bonds. The summed E-state index contributed by atoms with van der Waals surface area (Å²) < 4.78 is 4.97. The minimum atomic E-state index is -0.721. The third-order valence-electron chi connectivity index (χ3n) is 2.30. The molecule has 3 atom stereocenters. The summed E-state index contributed by atoms with van der Waals surface area (Å²) in [6.45, 7) is 4.59. The molecule has 0 spiro atoms. The maximum atomic E-state index is 10.7. The van der Waals surface area contributed by atoms with Gasteiger partial charge < -0.3 is 9.84 Å². The number of aliphatic carboxylic acids is 1. The molecule has 0 aliphatic carbocycles. The summed E-state index contributed by atoms with van der Waals surface area (Å²) in [5, 5.41) is 8.81. The van der Waals surface area contributed by atoms with Gasteiger partial charge in [-0.1, -0.05) is 20.3 Å². The first kappa shape index (κ1) is 8.53. The van der Waals surface area contributed by atoms with Crippen molar-refractivity contribution in [1.82, 2.24) is 0 Å². The Labute approximate surface area is 66.4 Å². The van der Waals surface area contributed by atoms with E-state index in [1.54, 1.807) is 0 Å². The number of ether oxygens (including phenoxy) is 1. The van der Waals surface area contributed by atoms with Crippen molar-refractivity contribution in [3.8, 4) is 0 Å². The van der Waals surface area contributed by atoms with E-state index in [0.717, 1.165) is 6.42 Å². The van der Waals surface area contributed by atoms with E-state index in [-0.39, 0.29) is 17.9 Å². The minimum Gasteiger partial charge on any atom is -0.481 e. The van der Waals surface area contributed by atoms with Crippen LogP contribution in [0.5, 0.6) is 0 Å². The Morgan fingerprint density at radius 1 is 1.82 bits per heavy atom. The number of carbonyl (C=O) groups is 1. The molecule has 0 saturated carbocycles. The first-order chi connectivity index (χ1) is 5.16. The lowest BCUT2D eigenvalue weighted by molar-refractivity contribution is -0.144. The zero-order valence-electron chi connectivity index (χ0n) is 6.91. The van der Waals surface area contributed by atoms with Crippen molar-refractivity contribution in [3.05, 3.63) is 0 Å². The molecule has 3 heteroatoms. The molecule has 1 aliphatic rings. The third kappa shape index (κ3) is 1.93. The van der Waals surface area contributed by atoms with Gasteiger partial charge in [-0.05, 0) is 5.92 Å². The Morgan fingerprint density at radius 2 is 2.36 bits per heavy atom. The Balaban J connectivity index is 2.50. The number of carboxylic acids is 1. The molecule has 1 saturated heterocycles. The van der Waals surface area contributed by atoms with Crippen molar-refractivity contribution >= 4 is 5.97 Å². The molecule has 1 heterocycles. The van der Waals surface area contributed by atoms with Crippen LogP contribution in [0.15, 0.2) is 0 Å². The van der Waals surface area contributed by atoms with Gasteiger partial charge in [0.25, 0.3) is 0 Å². The summed E-state index contributed by atoms with van der Waals surface area (Å²) in [6, 6.07) is 0. The number of hydrogen-bond donors (Lipinski definition) is 1. The molecule has 0 radical (unpaired) electrons. The van der Waals surface area contributed by atoms with Crippen molar-refractivity contribution in [2.24, 2.45) is 11.8 Å². The van der Waals surface area contributed by atoms with Gasteiger partial charge in [0.05, 0.1) is 18.6 Å². The molecule has 3 unspecified atom stereocenters. The van der Waals surface area contributed by atoms with E-state index in [1.807, 2.05) is 13.8 Å². The van der Waals surface area contributed by atoms with Crippen LogP contribution < -0.4 is 0 Å². The van der Waals surface area contributed by atoms with Crippen molar-refractivity contribution in [2.75, 3.05) is 6.61 Å². The van der Waals surface area contributed by atoms with E-state index in [2.05, 4.69) is 0 Å². The number of carboxylic acid groups (broad SMARTS) is 1. The van der Waals surface area contributed by atoms with Gasteiger partial charge in [0.1, 0.15) is 0 Å². The van der Waals surface area contributed by atoms with Gasteiger partial charge in [-0.15, -0.1) is 0 Å². The molecule has 64 valence electrons. The second kappa shape index (κ2) is 3.22. The average molecular weight is 158 g/mol. The fourth-order valence-electron chi connectivity index (χ4n) is 1.29. The minimum absolute atomic E-state index is 0.0116. The summed E-state index contributed by atoms with van der Waals surface area (Å²) in [6.07, 6.45) is 0.888.